The first-order valence-corrected chi connectivity index (χ1v) is 10.0. The van der Waals surface area contributed by atoms with E-state index in [0.29, 0.717) is 26.4 Å². The Kier molecular flexibility index (Phi) is 5.96. The van der Waals surface area contributed by atoms with Gasteiger partial charge >= 0.3 is 0 Å². The summed E-state index contributed by atoms with van der Waals surface area (Å²) in [5.41, 5.74) is 1.63. The molecule has 4 rings (SSSR count). The van der Waals surface area contributed by atoms with Gasteiger partial charge in [0.2, 0.25) is 0 Å². The zero-order valence-electron chi connectivity index (χ0n) is 15.5. The summed E-state index contributed by atoms with van der Waals surface area (Å²) in [5.74, 6) is -2.57. The molecule has 1 amide bonds. The maximum absolute atomic E-state index is 13.6. The number of hydrogen-bond acceptors (Lipinski definition) is 2. The molecule has 156 valence electrons. The molecule has 0 atom stereocenters. The second-order valence-electron chi connectivity index (χ2n) is 6.51. The van der Waals surface area contributed by atoms with Gasteiger partial charge in [-0.05, 0) is 48.5 Å². The van der Waals surface area contributed by atoms with Crippen LogP contribution in [0.5, 0.6) is 0 Å². The van der Waals surface area contributed by atoms with Crippen LogP contribution in [0.25, 0.3) is 16.9 Å². The van der Waals surface area contributed by atoms with E-state index in [-0.39, 0.29) is 11.4 Å². The predicted octanol–water partition coefficient (Wildman–Crippen LogP) is 7.03. The number of carbonyl (C=O) groups is 1. The lowest BCUT2D eigenvalue weighted by molar-refractivity contribution is 0.102. The van der Waals surface area contributed by atoms with E-state index in [1.165, 1.54) is 10.7 Å². The van der Waals surface area contributed by atoms with E-state index in [0.717, 1.165) is 17.7 Å². The minimum atomic E-state index is -1.12. The number of nitrogens with zero attached hydrogens (tertiary/aromatic N) is 2. The minimum absolute atomic E-state index is 0.0584. The van der Waals surface area contributed by atoms with Crippen LogP contribution in [0.1, 0.15) is 10.4 Å². The van der Waals surface area contributed by atoms with Gasteiger partial charge in [0, 0.05) is 27.2 Å². The third-order valence-electron chi connectivity index (χ3n) is 4.41. The van der Waals surface area contributed by atoms with Crippen molar-refractivity contribution in [1.82, 2.24) is 9.78 Å². The lowest BCUT2D eigenvalue weighted by Gasteiger charge is -2.11. The molecule has 0 unspecified atom stereocenters. The fourth-order valence-corrected chi connectivity index (χ4v) is 3.38. The number of hydrogen-bond donors (Lipinski definition) is 1. The molecule has 0 aliphatic heterocycles. The quantitative estimate of drug-likeness (QED) is 0.342. The monoisotopic (exact) mass is 477 g/mol. The van der Waals surface area contributed by atoms with Crippen LogP contribution in [0.3, 0.4) is 0 Å². The first kappa shape index (κ1) is 21.3. The van der Waals surface area contributed by atoms with Gasteiger partial charge < -0.3 is 5.32 Å². The van der Waals surface area contributed by atoms with Crippen LogP contribution in [0.2, 0.25) is 15.1 Å². The first-order chi connectivity index (χ1) is 14.8. The Bertz CT molecular complexity index is 1290. The summed E-state index contributed by atoms with van der Waals surface area (Å²) >= 11 is 18.4. The van der Waals surface area contributed by atoms with Gasteiger partial charge in [-0.2, -0.15) is 5.10 Å². The summed E-state index contributed by atoms with van der Waals surface area (Å²) in [4.78, 5) is 12.7. The normalized spacial score (nSPS) is 10.9. The summed E-state index contributed by atoms with van der Waals surface area (Å²) in [6.07, 6.45) is 0. The Labute approximate surface area is 191 Å². The third-order valence-corrected chi connectivity index (χ3v) is 5.22. The Hall–Kier alpha value is -2.93. The van der Waals surface area contributed by atoms with Gasteiger partial charge in [0.05, 0.1) is 16.4 Å². The Balaban J connectivity index is 1.79. The molecule has 0 spiro atoms. The van der Waals surface area contributed by atoms with Crippen molar-refractivity contribution in [3.05, 3.63) is 99.0 Å². The van der Waals surface area contributed by atoms with E-state index in [9.17, 15) is 13.6 Å². The lowest BCUT2D eigenvalue weighted by atomic mass is 10.1. The Morgan fingerprint density at radius 1 is 0.839 bits per heavy atom. The topological polar surface area (TPSA) is 46.9 Å². The molecule has 0 aliphatic rings. The van der Waals surface area contributed by atoms with Crippen molar-refractivity contribution in [2.24, 2.45) is 0 Å². The molecule has 0 fully saturated rings. The van der Waals surface area contributed by atoms with Crippen LogP contribution in [0.15, 0.2) is 66.7 Å². The molecule has 0 saturated heterocycles. The molecule has 0 radical (unpaired) electrons. The molecular formula is C22H12Cl3F2N3O. The molecule has 0 saturated carbocycles. The Morgan fingerprint density at radius 2 is 1.55 bits per heavy atom. The van der Waals surface area contributed by atoms with E-state index in [1.807, 2.05) is 0 Å². The van der Waals surface area contributed by atoms with Crippen LogP contribution in [0, 0.1) is 11.6 Å². The SMILES string of the molecule is O=C(Nc1cc(-c2ccc(Cl)cc2)nn1-c1cc(Cl)ccc1Cl)c1ccc(F)c(F)c1. The molecule has 0 aliphatic carbocycles. The number of rotatable bonds is 4. The molecular weight excluding hydrogens is 467 g/mol. The van der Waals surface area contributed by atoms with Crippen LogP contribution < -0.4 is 5.32 Å². The maximum atomic E-state index is 13.6. The minimum Gasteiger partial charge on any atom is -0.306 e. The number of carbonyl (C=O) groups excluding carboxylic acids is 1. The Morgan fingerprint density at radius 3 is 2.26 bits per heavy atom. The second-order valence-corrected chi connectivity index (χ2v) is 7.79. The molecule has 4 aromatic rings. The standard InChI is InChI=1S/C22H12Cl3F2N3O/c23-14-4-1-12(2-5-14)19-11-21(28-22(31)13-3-8-17(26)18(27)9-13)30(29-19)20-10-15(24)6-7-16(20)25/h1-11H,(H,28,31). The highest BCUT2D eigenvalue weighted by Gasteiger charge is 2.18. The predicted molar refractivity (Wildman–Crippen MR) is 118 cm³/mol. The fourth-order valence-electron chi connectivity index (χ4n) is 2.89. The highest BCUT2D eigenvalue weighted by Crippen LogP contribution is 2.31. The number of anilines is 1. The fraction of sp³-hybridized carbons (Fsp3) is 0. The van der Waals surface area contributed by atoms with Gasteiger partial charge in [-0.15, -0.1) is 0 Å². The van der Waals surface area contributed by atoms with Crippen molar-refractivity contribution in [1.29, 1.82) is 0 Å². The van der Waals surface area contributed by atoms with Gasteiger partial charge in [0.1, 0.15) is 5.82 Å². The zero-order valence-corrected chi connectivity index (χ0v) is 17.8. The van der Waals surface area contributed by atoms with Crippen molar-refractivity contribution >= 4 is 46.5 Å². The van der Waals surface area contributed by atoms with Crippen molar-refractivity contribution < 1.29 is 13.6 Å². The molecule has 3 aromatic carbocycles. The maximum Gasteiger partial charge on any atom is 0.256 e. The average molecular weight is 479 g/mol. The molecule has 4 nitrogen and oxygen atoms in total. The van der Waals surface area contributed by atoms with E-state index in [2.05, 4.69) is 10.4 Å². The lowest BCUT2D eigenvalue weighted by Crippen LogP contribution is -2.15. The van der Waals surface area contributed by atoms with Crippen molar-refractivity contribution in [2.45, 2.75) is 0 Å². The third kappa shape index (κ3) is 4.56. The van der Waals surface area contributed by atoms with Gasteiger partial charge in [-0.3, -0.25) is 4.79 Å². The number of aromatic nitrogens is 2. The largest absolute Gasteiger partial charge is 0.306 e. The van der Waals surface area contributed by atoms with Crippen LogP contribution in [-0.2, 0) is 0 Å². The van der Waals surface area contributed by atoms with Gasteiger partial charge in [-0.1, -0.05) is 46.9 Å². The summed E-state index contributed by atoms with van der Waals surface area (Å²) < 4.78 is 28.2. The first-order valence-electron chi connectivity index (χ1n) is 8.89. The molecule has 31 heavy (non-hydrogen) atoms. The summed E-state index contributed by atoms with van der Waals surface area (Å²) in [6, 6.07) is 16.3. The molecule has 1 N–H and O–H groups in total. The van der Waals surface area contributed by atoms with Crippen LogP contribution in [0.4, 0.5) is 14.6 Å². The summed E-state index contributed by atoms with van der Waals surface area (Å²) in [5, 5.41) is 8.53. The van der Waals surface area contributed by atoms with E-state index < -0.39 is 17.5 Å². The van der Waals surface area contributed by atoms with E-state index in [4.69, 9.17) is 34.8 Å². The highest BCUT2D eigenvalue weighted by molar-refractivity contribution is 6.34. The van der Waals surface area contributed by atoms with E-state index >= 15 is 0 Å². The second kappa shape index (κ2) is 8.67. The number of nitrogens with one attached hydrogen (secondary N) is 1. The zero-order chi connectivity index (χ0) is 22.1. The van der Waals surface area contributed by atoms with E-state index in [1.54, 1.807) is 48.5 Å². The highest BCUT2D eigenvalue weighted by atomic mass is 35.5. The molecule has 9 heteroatoms. The van der Waals surface area contributed by atoms with Gasteiger partial charge in [-0.25, -0.2) is 13.5 Å². The smallest absolute Gasteiger partial charge is 0.256 e. The average Bonchev–Trinajstić information content (AvgIpc) is 3.15. The van der Waals surface area contributed by atoms with Crippen molar-refractivity contribution in [3.63, 3.8) is 0 Å². The van der Waals surface area contributed by atoms with Crippen molar-refractivity contribution in [3.8, 4) is 16.9 Å². The molecule has 1 aromatic heterocycles. The van der Waals surface area contributed by atoms with Gasteiger partial charge in [0.25, 0.3) is 5.91 Å². The summed E-state index contributed by atoms with van der Waals surface area (Å²) in [6.45, 7) is 0. The molecule has 0 bridgehead atoms. The summed E-state index contributed by atoms with van der Waals surface area (Å²) in [7, 11) is 0. The number of benzene rings is 3. The van der Waals surface area contributed by atoms with Crippen LogP contribution in [-0.4, -0.2) is 15.7 Å². The van der Waals surface area contributed by atoms with Crippen molar-refractivity contribution in [2.75, 3.05) is 5.32 Å². The van der Waals surface area contributed by atoms with Crippen LogP contribution >= 0.6 is 34.8 Å². The number of halogens is 5. The number of amides is 1. The van der Waals surface area contributed by atoms with Gasteiger partial charge in [0.15, 0.2) is 11.6 Å². The molecule has 1 heterocycles.